The minimum absolute atomic E-state index is 0.0119. The van der Waals surface area contributed by atoms with E-state index in [4.69, 9.17) is 72.0 Å². The lowest BCUT2D eigenvalue weighted by molar-refractivity contribution is -0.300. The number of hydrogen-bond acceptors (Lipinski definition) is 30. The molecule has 0 spiro atoms. The molecule has 17 unspecified atom stereocenters. The van der Waals surface area contributed by atoms with Gasteiger partial charge in [0.15, 0.2) is 18.9 Å². The van der Waals surface area contributed by atoms with Crippen LogP contribution in [0.3, 0.4) is 0 Å². The molecule has 3 rings (SSSR count). The van der Waals surface area contributed by atoms with Crippen LogP contribution in [0.15, 0.2) is 0 Å². The maximum Gasteiger partial charge on any atom is 0.469 e. The van der Waals surface area contributed by atoms with Gasteiger partial charge in [-0.3, -0.25) is 42.3 Å². The summed E-state index contributed by atoms with van der Waals surface area (Å²) in [6.45, 7) is 1.37. The first-order chi connectivity index (χ1) is 48.2. The summed E-state index contributed by atoms with van der Waals surface area (Å²) in [5.41, 5.74) is 0. The third kappa shape index (κ3) is 40.4. The number of aliphatic hydroxyl groups excluding tert-OH is 9. The highest BCUT2D eigenvalue weighted by molar-refractivity contribution is 7.46. The highest BCUT2D eigenvalue weighted by Crippen LogP contribution is 2.39. The largest absolute Gasteiger partial charge is 0.469 e. The Hall–Kier alpha value is -3.57. The molecular weight excluding hydrogens is 1440 g/mol. The minimum Gasteiger partial charge on any atom is -0.387 e. The molecule has 0 radical (unpaired) electrons. The number of rotatable bonds is 55. The second-order valence-corrected chi connectivity index (χ2v) is 27.9. The Morgan fingerprint density at radius 1 is 0.353 bits per heavy atom. The van der Waals surface area contributed by atoms with Crippen molar-refractivity contribution in [3.8, 4) is 0 Å². The SMILES string of the molecule is CC(COCCC(=O)NCCCNC(=O)CCCCOC1OC(COP(=O)(O)O)C(O)C(O)C1O)C(CCOCCC(=O)NCCCNC(=O)CCCCOC1OC(COP(=O)(O)O)C(O)C(O)C1O)OCCC(=O)NCCCNC(=O)CCCCOC1OC(COP(=O)(O)O)C(O)C(O)C1O. The van der Waals surface area contributed by atoms with E-state index in [2.05, 4.69) is 45.5 Å². The molecule has 3 aliphatic rings. The molecule has 102 heavy (non-hydrogen) atoms. The molecule has 0 aromatic rings. The molecule has 0 saturated carbocycles. The van der Waals surface area contributed by atoms with Crippen LogP contribution < -0.4 is 31.9 Å². The number of ether oxygens (including phenoxy) is 9. The minimum atomic E-state index is -4.92. The third-order valence-electron chi connectivity index (χ3n) is 15.6. The Labute approximate surface area is 588 Å². The van der Waals surface area contributed by atoms with Gasteiger partial charge in [-0.15, -0.1) is 0 Å². The number of aliphatic hydroxyl groups is 9. The van der Waals surface area contributed by atoms with Gasteiger partial charge < -0.3 is 150 Å². The average molecular weight is 1550 g/mol. The van der Waals surface area contributed by atoms with Gasteiger partial charge in [0.2, 0.25) is 35.4 Å². The molecule has 0 aromatic heterocycles. The topological polar surface area (TPSA) is 640 Å². The first-order valence-electron chi connectivity index (χ1n) is 33.6. The summed E-state index contributed by atoms with van der Waals surface area (Å²) < 4.78 is 96.1. The molecule has 3 fully saturated rings. The van der Waals surface area contributed by atoms with Gasteiger partial charge in [0.05, 0.1) is 52.4 Å². The zero-order valence-corrected chi connectivity index (χ0v) is 59.5. The van der Waals surface area contributed by atoms with Crippen molar-refractivity contribution in [2.75, 3.05) is 112 Å². The number of amides is 6. The number of carbonyl (C=O) groups excluding carboxylic acids is 6. The second kappa shape index (κ2) is 50.1. The molecular formula is C57H107N6O36P3. The van der Waals surface area contributed by atoms with E-state index in [1.54, 1.807) is 0 Å². The van der Waals surface area contributed by atoms with Gasteiger partial charge in [0, 0.05) is 110 Å². The molecule has 0 aliphatic carbocycles. The molecule has 3 saturated heterocycles. The fraction of sp³-hybridized carbons (Fsp3) is 0.895. The van der Waals surface area contributed by atoms with Crippen LogP contribution >= 0.6 is 23.5 Å². The lowest BCUT2D eigenvalue weighted by Gasteiger charge is -2.40. The van der Waals surface area contributed by atoms with Crippen LogP contribution in [0, 0.1) is 5.92 Å². The van der Waals surface area contributed by atoms with Crippen LogP contribution in [0.25, 0.3) is 0 Å². The van der Waals surface area contributed by atoms with Crippen molar-refractivity contribution >= 4 is 58.9 Å². The zero-order chi connectivity index (χ0) is 75.8. The maximum absolute atomic E-state index is 12.8. The van der Waals surface area contributed by atoms with Crippen molar-refractivity contribution in [2.24, 2.45) is 5.92 Å². The van der Waals surface area contributed by atoms with Gasteiger partial charge in [-0.25, -0.2) is 13.7 Å². The monoisotopic (exact) mass is 1540 g/mol. The Morgan fingerprint density at radius 2 is 0.637 bits per heavy atom. The van der Waals surface area contributed by atoms with Gasteiger partial charge in [0.1, 0.15) is 73.2 Å². The molecule has 0 aromatic carbocycles. The van der Waals surface area contributed by atoms with Crippen molar-refractivity contribution in [2.45, 2.75) is 208 Å². The van der Waals surface area contributed by atoms with E-state index in [0.29, 0.717) is 64.2 Å². The first kappa shape index (κ1) is 92.6. The average Bonchev–Trinajstić information content (AvgIpc) is 0.830. The number of phosphoric ester groups is 3. The molecule has 45 heteroatoms. The van der Waals surface area contributed by atoms with Crippen molar-refractivity contribution in [1.82, 2.24) is 31.9 Å². The Bertz CT molecular complexity index is 2570. The number of unbranched alkanes of at least 4 members (excludes halogenated alkanes) is 3. The summed E-state index contributed by atoms with van der Waals surface area (Å²) in [6.07, 6.45) is -20.5. The first-order valence-corrected chi connectivity index (χ1v) is 38.2. The smallest absolute Gasteiger partial charge is 0.387 e. The maximum atomic E-state index is 12.8. The van der Waals surface area contributed by atoms with Crippen molar-refractivity contribution in [3.63, 3.8) is 0 Å². The van der Waals surface area contributed by atoms with Crippen LogP contribution in [-0.4, -0.2) is 321 Å². The van der Waals surface area contributed by atoms with Gasteiger partial charge in [-0.1, -0.05) is 6.92 Å². The predicted molar refractivity (Wildman–Crippen MR) is 344 cm³/mol. The molecule has 21 N–H and O–H groups in total. The molecule has 0 bridgehead atoms. The van der Waals surface area contributed by atoms with Gasteiger partial charge in [-0.2, -0.15) is 0 Å². The van der Waals surface area contributed by atoms with Crippen molar-refractivity contribution in [1.29, 1.82) is 0 Å². The van der Waals surface area contributed by atoms with Crippen LogP contribution in [0.2, 0.25) is 0 Å². The number of carbonyl (C=O) groups is 6. The van der Waals surface area contributed by atoms with E-state index >= 15 is 0 Å². The summed E-state index contributed by atoms with van der Waals surface area (Å²) in [7, 11) is -14.7. The van der Waals surface area contributed by atoms with Gasteiger partial charge in [0.25, 0.3) is 0 Å². The molecule has 42 nitrogen and oxygen atoms in total. The second-order valence-electron chi connectivity index (χ2n) is 24.2. The van der Waals surface area contributed by atoms with E-state index in [1.807, 2.05) is 6.92 Å². The highest BCUT2D eigenvalue weighted by atomic mass is 31.2. The summed E-state index contributed by atoms with van der Waals surface area (Å²) in [4.78, 5) is 129. The summed E-state index contributed by atoms with van der Waals surface area (Å²) >= 11 is 0. The number of nitrogens with one attached hydrogen (secondary N) is 6. The molecule has 3 heterocycles. The standard InChI is InChI=1S/C57H107N6O36P3/c1-35(31-89-29-16-44(68)62-22-9-19-59-41(65)12-3-6-25-92-56-53(77)50(74)47(71)38(98-56)33-95-101(82,83)84)36(90-30-17-45(69)63-23-10-20-60-42(66)13-4-7-26-93-57-54(78)51(75)48(72)39(99-57)34-96-102(85,86)87)14-27-88-28-15-43(67)61-21-8-18-58-40(64)11-2-5-24-91-55-52(76)49(73)46(70)37(97-55)32-94-100(79,80)81/h35-39,46-57,70-78H,2-34H2,1H3,(H,58,64)(H,59,65)(H,60,66)(H,61,67)(H,62,68)(H,63,69)(H2,79,80,81)(H2,82,83,84)(H2,85,86,87). The quantitative estimate of drug-likeness (QED) is 0.0199. The predicted octanol–water partition coefficient (Wildman–Crippen LogP) is -6.22. The molecule has 6 amide bonds. The molecule has 596 valence electrons. The number of phosphoric acid groups is 3. The van der Waals surface area contributed by atoms with Gasteiger partial charge in [-0.05, 0) is 64.2 Å². The third-order valence-corrected chi connectivity index (χ3v) is 17.1. The summed E-state index contributed by atoms with van der Waals surface area (Å²) in [5, 5.41) is 108. The van der Waals surface area contributed by atoms with Gasteiger partial charge >= 0.3 is 23.5 Å². The fourth-order valence-electron chi connectivity index (χ4n) is 9.85. The van der Waals surface area contributed by atoms with Crippen LogP contribution in [0.4, 0.5) is 0 Å². The zero-order valence-electron chi connectivity index (χ0n) is 56.8. The Balaban J connectivity index is 1.32. The molecule has 3 aliphatic heterocycles. The van der Waals surface area contributed by atoms with Crippen molar-refractivity contribution in [3.05, 3.63) is 0 Å². The van der Waals surface area contributed by atoms with E-state index in [-0.39, 0.29) is 172 Å². The van der Waals surface area contributed by atoms with E-state index < -0.39 is 142 Å². The van der Waals surface area contributed by atoms with Crippen LogP contribution in [-0.2, 0) is 98.7 Å². The van der Waals surface area contributed by atoms with Crippen LogP contribution in [0.1, 0.15) is 110 Å². The number of hydrogen-bond donors (Lipinski definition) is 21. The summed E-state index contributed by atoms with van der Waals surface area (Å²) in [5.74, 6) is -2.01. The Kier molecular flexibility index (Phi) is 45.5. The summed E-state index contributed by atoms with van der Waals surface area (Å²) in [6, 6.07) is 0. The fourth-order valence-corrected chi connectivity index (χ4v) is 10.9. The normalized spacial score (nSPS) is 26.2. The lowest BCUT2D eigenvalue weighted by atomic mass is 9.99. The van der Waals surface area contributed by atoms with E-state index in [0.717, 1.165) is 0 Å². The molecule has 17 atom stereocenters. The Morgan fingerprint density at radius 3 is 0.941 bits per heavy atom. The van der Waals surface area contributed by atoms with Crippen molar-refractivity contribution < 1.29 is 174 Å². The lowest BCUT2D eigenvalue weighted by Crippen LogP contribution is -2.59. The van der Waals surface area contributed by atoms with E-state index in [1.165, 1.54) is 0 Å². The van der Waals surface area contributed by atoms with Crippen LogP contribution in [0.5, 0.6) is 0 Å². The highest BCUT2D eigenvalue weighted by Gasteiger charge is 2.48. The van der Waals surface area contributed by atoms with E-state index in [9.17, 15) is 88.4 Å².